The zero-order valence-corrected chi connectivity index (χ0v) is 14.2. The summed E-state index contributed by atoms with van der Waals surface area (Å²) in [5.41, 5.74) is 3.89. The third-order valence-corrected chi connectivity index (χ3v) is 5.22. The lowest BCUT2D eigenvalue weighted by molar-refractivity contribution is 0.652. The standard InChI is InChI=1S/C22H24N2/c1-17-23-21(18-10-8-9-11-18)16-24(17)22(19-12-4-2-5-13-19)20-14-6-3-7-15-20/h2-7,12-16,18,22H,8-11H2,1H3. The third kappa shape index (κ3) is 2.89. The summed E-state index contributed by atoms with van der Waals surface area (Å²) >= 11 is 0. The molecule has 0 N–H and O–H groups in total. The van der Waals surface area contributed by atoms with Crippen LogP contribution in [0.25, 0.3) is 0 Å². The number of nitrogens with zero attached hydrogens (tertiary/aromatic N) is 2. The van der Waals surface area contributed by atoms with E-state index < -0.39 is 0 Å². The van der Waals surface area contributed by atoms with E-state index in [4.69, 9.17) is 4.98 Å². The molecule has 1 heterocycles. The molecule has 0 radical (unpaired) electrons. The molecule has 2 heteroatoms. The summed E-state index contributed by atoms with van der Waals surface area (Å²) in [7, 11) is 0. The Labute approximate surface area is 144 Å². The fourth-order valence-electron chi connectivity index (χ4n) is 3.97. The minimum absolute atomic E-state index is 0.190. The summed E-state index contributed by atoms with van der Waals surface area (Å²) in [4.78, 5) is 4.93. The smallest absolute Gasteiger partial charge is 0.106 e. The van der Waals surface area contributed by atoms with Crippen LogP contribution in [0.2, 0.25) is 0 Å². The molecule has 3 aromatic rings. The first-order valence-corrected chi connectivity index (χ1v) is 8.98. The molecular formula is C22H24N2. The second-order valence-corrected chi connectivity index (χ2v) is 6.83. The summed E-state index contributed by atoms with van der Waals surface area (Å²) in [6.45, 7) is 2.14. The molecule has 122 valence electrons. The van der Waals surface area contributed by atoms with Gasteiger partial charge in [0.25, 0.3) is 0 Å². The van der Waals surface area contributed by atoms with Gasteiger partial charge in [0.2, 0.25) is 0 Å². The number of hydrogen-bond donors (Lipinski definition) is 0. The van der Waals surface area contributed by atoms with Gasteiger partial charge in [-0.05, 0) is 30.9 Å². The van der Waals surface area contributed by atoms with E-state index in [9.17, 15) is 0 Å². The molecule has 0 bridgehead atoms. The van der Waals surface area contributed by atoms with Crippen molar-refractivity contribution in [3.63, 3.8) is 0 Å². The molecule has 24 heavy (non-hydrogen) atoms. The van der Waals surface area contributed by atoms with Crippen LogP contribution < -0.4 is 0 Å². The van der Waals surface area contributed by atoms with Crippen LogP contribution in [0, 0.1) is 6.92 Å². The van der Waals surface area contributed by atoms with Crippen LogP contribution >= 0.6 is 0 Å². The average Bonchev–Trinajstić information content (AvgIpc) is 3.28. The molecule has 0 amide bonds. The van der Waals surface area contributed by atoms with E-state index in [2.05, 4.69) is 78.4 Å². The largest absolute Gasteiger partial charge is 0.323 e. The van der Waals surface area contributed by atoms with Gasteiger partial charge in [0.15, 0.2) is 0 Å². The molecule has 1 aromatic heterocycles. The molecule has 0 atom stereocenters. The fraction of sp³-hybridized carbons (Fsp3) is 0.318. The number of benzene rings is 2. The first-order chi connectivity index (χ1) is 11.8. The summed E-state index contributed by atoms with van der Waals surface area (Å²) in [5.74, 6) is 1.76. The van der Waals surface area contributed by atoms with Crippen molar-refractivity contribution in [2.24, 2.45) is 0 Å². The normalized spacial score (nSPS) is 15.2. The van der Waals surface area contributed by atoms with Crippen LogP contribution in [0.1, 0.15) is 60.3 Å². The Morgan fingerprint density at radius 1 is 0.875 bits per heavy atom. The topological polar surface area (TPSA) is 17.8 Å². The Bertz CT molecular complexity index is 744. The van der Waals surface area contributed by atoms with Gasteiger partial charge < -0.3 is 4.57 Å². The Morgan fingerprint density at radius 3 is 1.96 bits per heavy atom. The van der Waals surface area contributed by atoms with Crippen molar-refractivity contribution in [2.75, 3.05) is 0 Å². The Hall–Kier alpha value is -2.35. The van der Waals surface area contributed by atoms with E-state index in [1.807, 2.05) is 0 Å². The van der Waals surface area contributed by atoms with Gasteiger partial charge in [0.1, 0.15) is 5.82 Å². The van der Waals surface area contributed by atoms with E-state index in [0.717, 1.165) is 5.82 Å². The SMILES string of the molecule is Cc1nc(C2CCCC2)cn1C(c1ccccc1)c1ccccc1. The second kappa shape index (κ2) is 6.64. The first-order valence-electron chi connectivity index (χ1n) is 8.98. The zero-order valence-electron chi connectivity index (χ0n) is 14.2. The van der Waals surface area contributed by atoms with E-state index in [0.29, 0.717) is 5.92 Å². The predicted molar refractivity (Wildman–Crippen MR) is 98.3 cm³/mol. The lowest BCUT2D eigenvalue weighted by Gasteiger charge is -2.21. The number of imidazole rings is 1. The Kier molecular flexibility index (Phi) is 4.20. The monoisotopic (exact) mass is 316 g/mol. The molecule has 1 aliphatic rings. The predicted octanol–water partition coefficient (Wildman–Crippen LogP) is 5.49. The molecule has 4 rings (SSSR count). The quantitative estimate of drug-likeness (QED) is 0.622. The van der Waals surface area contributed by atoms with Gasteiger partial charge in [-0.25, -0.2) is 4.98 Å². The molecule has 0 spiro atoms. The van der Waals surface area contributed by atoms with Gasteiger partial charge in [-0.2, -0.15) is 0 Å². The average molecular weight is 316 g/mol. The minimum atomic E-state index is 0.190. The maximum absolute atomic E-state index is 4.93. The van der Waals surface area contributed by atoms with E-state index >= 15 is 0 Å². The van der Waals surface area contributed by atoms with Crippen molar-refractivity contribution in [2.45, 2.75) is 44.6 Å². The van der Waals surface area contributed by atoms with Crippen molar-refractivity contribution in [1.82, 2.24) is 9.55 Å². The van der Waals surface area contributed by atoms with Crippen molar-refractivity contribution < 1.29 is 0 Å². The number of rotatable bonds is 4. The van der Waals surface area contributed by atoms with Gasteiger partial charge >= 0.3 is 0 Å². The van der Waals surface area contributed by atoms with Crippen molar-refractivity contribution in [1.29, 1.82) is 0 Å². The van der Waals surface area contributed by atoms with Gasteiger partial charge in [-0.1, -0.05) is 73.5 Å². The highest BCUT2D eigenvalue weighted by molar-refractivity contribution is 5.34. The summed E-state index contributed by atoms with van der Waals surface area (Å²) in [5, 5.41) is 0. The van der Waals surface area contributed by atoms with Gasteiger partial charge in [-0.3, -0.25) is 0 Å². The molecule has 0 aliphatic heterocycles. The van der Waals surface area contributed by atoms with Crippen LogP contribution in [-0.4, -0.2) is 9.55 Å². The number of aryl methyl sites for hydroxylation is 1. The van der Waals surface area contributed by atoms with Gasteiger partial charge in [0, 0.05) is 12.1 Å². The molecular weight excluding hydrogens is 292 g/mol. The molecule has 1 saturated carbocycles. The fourth-order valence-corrected chi connectivity index (χ4v) is 3.97. The van der Waals surface area contributed by atoms with Crippen molar-refractivity contribution in [3.05, 3.63) is 89.5 Å². The number of hydrogen-bond acceptors (Lipinski definition) is 1. The van der Waals surface area contributed by atoms with E-state index in [1.54, 1.807) is 0 Å². The van der Waals surface area contributed by atoms with E-state index in [-0.39, 0.29) is 6.04 Å². The van der Waals surface area contributed by atoms with Gasteiger partial charge in [0.05, 0.1) is 11.7 Å². The number of aromatic nitrogens is 2. The lowest BCUT2D eigenvalue weighted by Crippen LogP contribution is -2.13. The first kappa shape index (κ1) is 15.2. The summed E-state index contributed by atoms with van der Waals surface area (Å²) < 4.78 is 2.36. The third-order valence-electron chi connectivity index (χ3n) is 5.22. The maximum Gasteiger partial charge on any atom is 0.106 e. The highest BCUT2D eigenvalue weighted by atomic mass is 15.1. The highest BCUT2D eigenvalue weighted by Crippen LogP contribution is 2.35. The molecule has 1 fully saturated rings. The Morgan fingerprint density at radius 2 is 1.42 bits per heavy atom. The highest BCUT2D eigenvalue weighted by Gasteiger charge is 2.24. The van der Waals surface area contributed by atoms with E-state index in [1.165, 1.54) is 42.5 Å². The summed E-state index contributed by atoms with van der Waals surface area (Å²) in [6.07, 6.45) is 7.57. The van der Waals surface area contributed by atoms with Crippen LogP contribution in [0.15, 0.2) is 66.9 Å². The van der Waals surface area contributed by atoms with Gasteiger partial charge in [-0.15, -0.1) is 0 Å². The second-order valence-electron chi connectivity index (χ2n) is 6.83. The van der Waals surface area contributed by atoms with Crippen LogP contribution in [-0.2, 0) is 0 Å². The van der Waals surface area contributed by atoms with Crippen LogP contribution in [0.5, 0.6) is 0 Å². The molecule has 2 aromatic carbocycles. The van der Waals surface area contributed by atoms with Crippen LogP contribution in [0.3, 0.4) is 0 Å². The molecule has 2 nitrogen and oxygen atoms in total. The molecule has 1 aliphatic carbocycles. The Balaban J connectivity index is 1.79. The molecule has 0 unspecified atom stereocenters. The lowest BCUT2D eigenvalue weighted by atomic mass is 9.98. The van der Waals surface area contributed by atoms with Crippen molar-refractivity contribution in [3.8, 4) is 0 Å². The maximum atomic E-state index is 4.93. The zero-order chi connectivity index (χ0) is 16.4. The van der Waals surface area contributed by atoms with Crippen molar-refractivity contribution >= 4 is 0 Å². The van der Waals surface area contributed by atoms with Crippen LogP contribution in [0.4, 0.5) is 0 Å². The summed E-state index contributed by atoms with van der Waals surface area (Å²) in [6, 6.07) is 21.7. The minimum Gasteiger partial charge on any atom is -0.323 e. The molecule has 0 saturated heterocycles.